The van der Waals surface area contributed by atoms with Crippen LogP contribution in [0.4, 0.5) is 19.1 Å². The lowest BCUT2D eigenvalue weighted by Gasteiger charge is -2.33. The van der Waals surface area contributed by atoms with E-state index in [1.165, 1.54) is 13.0 Å². The fourth-order valence-electron chi connectivity index (χ4n) is 3.95. The van der Waals surface area contributed by atoms with Gasteiger partial charge in [0.2, 0.25) is 17.8 Å². The number of nitrogens with zero attached hydrogens (tertiary/aromatic N) is 5. The third kappa shape index (κ3) is 5.41. The van der Waals surface area contributed by atoms with Crippen LogP contribution in [0.25, 0.3) is 0 Å². The highest BCUT2D eigenvalue weighted by molar-refractivity contribution is 5.78. The molecule has 0 spiro atoms. The molecule has 4 rings (SSSR count). The molecule has 0 bridgehead atoms. The molecule has 0 saturated carbocycles. The molecule has 2 unspecified atom stereocenters. The van der Waals surface area contributed by atoms with Crippen molar-refractivity contribution in [3.63, 3.8) is 0 Å². The molecule has 0 aromatic carbocycles. The van der Waals surface area contributed by atoms with E-state index in [0.717, 1.165) is 12.3 Å². The van der Waals surface area contributed by atoms with E-state index in [2.05, 4.69) is 25.8 Å². The Morgan fingerprint density at radius 3 is 2.88 bits per heavy atom. The number of morpholine rings is 1. The number of aromatic nitrogens is 4. The average molecular weight is 467 g/mol. The molecule has 33 heavy (non-hydrogen) atoms. The van der Waals surface area contributed by atoms with Crippen molar-refractivity contribution in [3.05, 3.63) is 35.4 Å². The highest BCUT2D eigenvalue weighted by atomic mass is 19.4. The summed E-state index contributed by atoms with van der Waals surface area (Å²) in [5, 5.41) is 14.2. The number of nitrogens with one attached hydrogen (secondary N) is 2. The molecule has 2 fully saturated rings. The van der Waals surface area contributed by atoms with E-state index in [0.29, 0.717) is 56.4 Å². The first kappa shape index (κ1) is 23.0. The first-order valence-corrected chi connectivity index (χ1v) is 10.6. The van der Waals surface area contributed by atoms with E-state index < -0.39 is 11.9 Å². The number of alkyl halides is 3. The van der Waals surface area contributed by atoms with Gasteiger partial charge in [-0.25, -0.2) is 0 Å². The second-order valence-electron chi connectivity index (χ2n) is 8.03. The molecule has 10 nitrogen and oxygen atoms in total. The van der Waals surface area contributed by atoms with Gasteiger partial charge in [-0.15, -0.1) is 10.2 Å². The van der Waals surface area contributed by atoms with Crippen LogP contribution in [0.3, 0.4) is 0 Å². The second-order valence-corrected chi connectivity index (χ2v) is 8.03. The number of halogens is 3. The monoisotopic (exact) mass is 467 g/mol. The quantitative estimate of drug-likeness (QED) is 0.652. The van der Waals surface area contributed by atoms with E-state index in [1.54, 1.807) is 4.57 Å². The maximum absolute atomic E-state index is 13.2. The molecule has 2 saturated heterocycles. The molecular formula is C20H24F3N7O3. The van der Waals surface area contributed by atoms with Crippen molar-refractivity contribution in [3.8, 4) is 0 Å². The van der Waals surface area contributed by atoms with Gasteiger partial charge >= 0.3 is 6.18 Å². The Labute approximate surface area is 187 Å². The molecule has 2 atom stereocenters. The number of ether oxygens (including phenoxy) is 1. The molecule has 0 aliphatic carbocycles. The van der Waals surface area contributed by atoms with E-state index in [4.69, 9.17) is 4.74 Å². The number of anilines is 1. The first-order chi connectivity index (χ1) is 15.7. The number of hydrogen-bond donors (Lipinski definition) is 2. The lowest BCUT2D eigenvalue weighted by atomic mass is 10.2. The van der Waals surface area contributed by atoms with Gasteiger partial charge in [0.05, 0.1) is 25.3 Å². The lowest BCUT2D eigenvalue weighted by molar-refractivity contribution is -0.141. The molecule has 2 aromatic rings. The van der Waals surface area contributed by atoms with Gasteiger partial charge in [0, 0.05) is 39.2 Å². The minimum atomic E-state index is -4.56. The standard InChI is InChI=1S/C20H24F3N7O3/c1-12(31)25-9-14-11-29(6-7-33-14)19-28-27-18(15-2-3-17(32)26-15)30(19)10-13-4-5-24-16(8-13)20(21,22)23/h4-5,8,14-15H,2-3,6-7,9-11H2,1H3,(H,25,31)(H,26,32). The number of hydrogen-bond acceptors (Lipinski definition) is 7. The molecule has 0 radical (unpaired) electrons. The lowest BCUT2D eigenvalue weighted by Crippen LogP contribution is -2.48. The van der Waals surface area contributed by atoms with Gasteiger partial charge in [-0.05, 0) is 24.1 Å². The molecule has 4 heterocycles. The fourth-order valence-corrected chi connectivity index (χ4v) is 3.95. The van der Waals surface area contributed by atoms with Gasteiger partial charge in [-0.3, -0.25) is 19.1 Å². The summed E-state index contributed by atoms with van der Waals surface area (Å²) in [5.41, 5.74) is -0.598. The van der Waals surface area contributed by atoms with Crippen LogP contribution < -0.4 is 15.5 Å². The van der Waals surface area contributed by atoms with Gasteiger partial charge in [-0.2, -0.15) is 13.2 Å². The zero-order valence-electron chi connectivity index (χ0n) is 17.9. The van der Waals surface area contributed by atoms with Crippen molar-refractivity contribution in [2.45, 2.75) is 44.6 Å². The summed E-state index contributed by atoms with van der Waals surface area (Å²) in [6.07, 6.45) is -2.85. The minimum absolute atomic E-state index is 0.0728. The Balaban J connectivity index is 1.63. The van der Waals surface area contributed by atoms with Crippen LogP contribution in [0.2, 0.25) is 0 Å². The maximum atomic E-state index is 13.2. The highest BCUT2D eigenvalue weighted by Gasteiger charge is 2.34. The van der Waals surface area contributed by atoms with Gasteiger partial charge in [0.1, 0.15) is 5.69 Å². The van der Waals surface area contributed by atoms with Crippen LogP contribution in [0, 0.1) is 0 Å². The van der Waals surface area contributed by atoms with E-state index in [1.807, 2.05) is 4.90 Å². The van der Waals surface area contributed by atoms with Crippen LogP contribution >= 0.6 is 0 Å². The molecule has 2 N–H and O–H groups in total. The van der Waals surface area contributed by atoms with E-state index in [9.17, 15) is 22.8 Å². The molecule has 2 amide bonds. The normalized spacial score (nSPS) is 21.2. The molecular weight excluding hydrogens is 443 g/mol. The number of carbonyl (C=O) groups excluding carboxylic acids is 2. The Bertz CT molecular complexity index is 1030. The summed E-state index contributed by atoms with van der Waals surface area (Å²) in [6.45, 7) is 3.12. The van der Waals surface area contributed by atoms with Crippen molar-refractivity contribution in [2.24, 2.45) is 0 Å². The zero-order chi connectivity index (χ0) is 23.6. The second kappa shape index (κ2) is 9.33. The van der Waals surface area contributed by atoms with Gasteiger partial charge in [0.25, 0.3) is 0 Å². The molecule has 178 valence electrons. The average Bonchev–Trinajstić information content (AvgIpc) is 3.38. The van der Waals surface area contributed by atoms with Crippen molar-refractivity contribution in [2.75, 3.05) is 31.1 Å². The predicted octanol–water partition coefficient (Wildman–Crippen LogP) is 1.03. The van der Waals surface area contributed by atoms with Crippen LogP contribution in [0.1, 0.15) is 42.9 Å². The number of pyridine rings is 1. The maximum Gasteiger partial charge on any atom is 0.433 e. The Kier molecular flexibility index (Phi) is 6.49. The summed E-state index contributed by atoms with van der Waals surface area (Å²) < 4.78 is 46.9. The largest absolute Gasteiger partial charge is 0.433 e. The summed E-state index contributed by atoms with van der Waals surface area (Å²) in [4.78, 5) is 28.4. The molecule has 2 aromatic heterocycles. The topological polar surface area (TPSA) is 114 Å². The number of carbonyl (C=O) groups is 2. The summed E-state index contributed by atoms with van der Waals surface area (Å²) in [7, 11) is 0. The number of rotatable bonds is 6. The van der Waals surface area contributed by atoms with Crippen molar-refractivity contribution >= 4 is 17.8 Å². The van der Waals surface area contributed by atoms with Crippen LogP contribution in [0.5, 0.6) is 0 Å². The van der Waals surface area contributed by atoms with Gasteiger partial charge in [-0.1, -0.05) is 0 Å². The van der Waals surface area contributed by atoms with Crippen LogP contribution in [0.15, 0.2) is 18.3 Å². The smallest absolute Gasteiger partial charge is 0.373 e. The van der Waals surface area contributed by atoms with E-state index in [-0.39, 0.29) is 30.5 Å². The van der Waals surface area contributed by atoms with Crippen molar-refractivity contribution in [1.29, 1.82) is 0 Å². The van der Waals surface area contributed by atoms with Gasteiger partial charge in [0.15, 0.2) is 5.82 Å². The summed E-state index contributed by atoms with van der Waals surface area (Å²) in [6, 6.07) is 2.13. The Morgan fingerprint density at radius 2 is 2.18 bits per heavy atom. The number of amides is 2. The SMILES string of the molecule is CC(=O)NCC1CN(c2nnc(C3CCC(=O)N3)n2Cc2ccnc(C(F)(F)F)c2)CCO1. The molecule has 13 heteroatoms. The minimum Gasteiger partial charge on any atom is -0.373 e. The van der Waals surface area contributed by atoms with Crippen molar-refractivity contribution < 1.29 is 27.5 Å². The summed E-state index contributed by atoms with van der Waals surface area (Å²) in [5.74, 6) is 0.663. The predicted molar refractivity (Wildman–Crippen MR) is 109 cm³/mol. The van der Waals surface area contributed by atoms with E-state index >= 15 is 0 Å². The third-order valence-corrected chi connectivity index (χ3v) is 5.52. The van der Waals surface area contributed by atoms with Crippen LogP contribution in [-0.4, -0.2) is 63.9 Å². The zero-order valence-corrected chi connectivity index (χ0v) is 17.9. The first-order valence-electron chi connectivity index (χ1n) is 10.6. The van der Waals surface area contributed by atoms with Gasteiger partial charge < -0.3 is 20.3 Å². The van der Waals surface area contributed by atoms with Crippen molar-refractivity contribution in [1.82, 2.24) is 30.4 Å². The third-order valence-electron chi connectivity index (χ3n) is 5.52. The highest BCUT2D eigenvalue weighted by Crippen LogP contribution is 2.30. The summed E-state index contributed by atoms with van der Waals surface area (Å²) >= 11 is 0. The molecule has 2 aliphatic heterocycles. The Morgan fingerprint density at radius 1 is 1.36 bits per heavy atom. The fraction of sp³-hybridized carbons (Fsp3) is 0.550. The molecule has 2 aliphatic rings. The Hall–Kier alpha value is -3.22. The van der Waals surface area contributed by atoms with Crippen LogP contribution in [-0.2, 0) is 27.0 Å².